The molecule has 0 unspecified atom stereocenters. The standard InChI is InChI=1S/C12H20N4O3/c1-12(2,3)9(10(17)18)16-11(19)14-5-4-8-6-13-7-15-8/h6-7,9H,4-5H2,1-3H3,(H,13,15)(H,17,18)(H2,14,16,19)/t9-/m0/s1. The van der Waals surface area contributed by atoms with Crippen molar-refractivity contribution < 1.29 is 14.7 Å². The number of aliphatic carboxylic acids is 1. The van der Waals surface area contributed by atoms with Crippen LogP contribution in [0.3, 0.4) is 0 Å². The lowest BCUT2D eigenvalue weighted by Crippen LogP contribution is -2.52. The maximum Gasteiger partial charge on any atom is 0.326 e. The lowest BCUT2D eigenvalue weighted by Gasteiger charge is -2.27. The maximum absolute atomic E-state index is 11.6. The van der Waals surface area contributed by atoms with Gasteiger partial charge in [-0.05, 0) is 5.41 Å². The van der Waals surface area contributed by atoms with Crippen molar-refractivity contribution in [2.24, 2.45) is 5.41 Å². The molecule has 1 aromatic rings. The Morgan fingerprint density at radius 1 is 1.47 bits per heavy atom. The lowest BCUT2D eigenvalue weighted by molar-refractivity contribution is -0.141. The fraction of sp³-hybridized carbons (Fsp3) is 0.583. The fourth-order valence-electron chi connectivity index (χ4n) is 1.56. The average Bonchev–Trinajstić information content (AvgIpc) is 2.77. The molecule has 2 amide bonds. The van der Waals surface area contributed by atoms with Gasteiger partial charge in [0.2, 0.25) is 0 Å². The predicted molar refractivity (Wildman–Crippen MR) is 69.7 cm³/mol. The molecule has 0 spiro atoms. The van der Waals surface area contributed by atoms with Gasteiger partial charge >= 0.3 is 12.0 Å². The van der Waals surface area contributed by atoms with Crippen LogP contribution in [-0.4, -0.2) is 39.7 Å². The number of carboxylic acid groups (broad SMARTS) is 1. The van der Waals surface area contributed by atoms with E-state index < -0.39 is 23.5 Å². The number of carbonyl (C=O) groups excluding carboxylic acids is 1. The quantitative estimate of drug-likeness (QED) is 0.632. The summed E-state index contributed by atoms with van der Waals surface area (Å²) in [5, 5.41) is 14.2. The van der Waals surface area contributed by atoms with Crippen LogP contribution in [0.4, 0.5) is 4.79 Å². The second kappa shape index (κ2) is 6.21. The molecular formula is C12H20N4O3. The summed E-state index contributed by atoms with van der Waals surface area (Å²) < 4.78 is 0. The molecule has 0 radical (unpaired) electrons. The highest BCUT2D eigenvalue weighted by Gasteiger charge is 2.32. The van der Waals surface area contributed by atoms with E-state index in [0.29, 0.717) is 13.0 Å². The normalized spacial score (nSPS) is 12.8. The molecule has 106 valence electrons. The molecule has 0 bridgehead atoms. The first-order valence-corrected chi connectivity index (χ1v) is 6.05. The van der Waals surface area contributed by atoms with Crippen LogP contribution in [0.1, 0.15) is 26.5 Å². The number of rotatable bonds is 5. The number of urea groups is 1. The third-order valence-corrected chi connectivity index (χ3v) is 2.62. The number of amides is 2. The average molecular weight is 268 g/mol. The number of nitrogens with zero attached hydrogens (tertiary/aromatic N) is 1. The van der Waals surface area contributed by atoms with Gasteiger partial charge in [-0.1, -0.05) is 20.8 Å². The van der Waals surface area contributed by atoms with Crippen molar-refractivity contribution in [1.82, 2.24) is 20.6 Å². The molecule has 1 heterocycles. The monoisotopic (exact) mass is 268 g/mol. The van der Waals surface area contributed by atoms with Gasteiger partial charge in [-0.15, -0.1) is 0 Å². The first-order valence-electron chi connectivity index (χ1n) is 6.05. The molecular weight excluding hydrogens is 248 g/mol. The molecule has 1 atom stereocenters. The van der Waals surface area contributed by atoms with E-state index >= 15 is 0 Å². The van der Waals surface area contributed by atoms with E-state index in [4.69, 9.17) is 5.11 Å². The van der Waals surface area contributed by atoms with E-state index in [1.165, 1.54) is 0 Å². The van der Waals surface area contributed by atoms with Gasteiger partial charge in [-0.2, -0.15) is 0 Å². The summed E-state index contributed by atoms with van der Waals surface area (Å²) in [6.07, 6.45) is 3.85. The number of hydrogen-bond donors (Lipinski definition) is 4. The van der Waals surface area contributed by atoms with Gasteiger partial charge in [0.1, 0.15) is 6.04 Å². The minimum Gasteiger partial charge on any atom is -0.480 e. The summed E-state index contributed by atoms with van der Waals surface area (Å²) in [7, 11) is 0. The minimum absolute atomic E-state index is 0.407. The van der Waals surface area contributed by atoms with Crippen LogP contribution in [0.2, 0.25) is 0 Å². The smallest absolute Gasteiger partial charge is 0.326 e. The zero-order valence-electron chi connectivity index (χ0n) is 11.4. The van der Waals surface area contributed by atoms with Gasteiger partial charge in [-0.3, -0.25) is 0 Å². The Kier molecular flexibility index (Phi) is 4.91. The third-order valence-electron chi connectivity index (χ3n) is 2.62. The van der Waals surface area contributed by atoms with E-state index in [9.17, 15) is 9.59 Å². The predicted octanol–water partition coefficient (Wildman–Crippen LogP) is 0.751. The van der Waals surface area contributed by atoms with Crippen LogP contribution in [-0.2, 0) is 11.2 Å². The van der Waals surface area contributed by atoms with Gasteiger partial charge in [0.15, 0.2) is 0 Å². The minimum atomic E-state index is -1.05. The Bertz CT molecular complexity index is 423. The SMILES string of the molecule is CC(C)(C)[C@@H](NC(=O)NCCc1cnc[nH]1)C(=O)O. The molecule has 1 rings (SSSR count). The Morgan fingerprint density at radius 3 is 2.63 bits per heavy atom. The molecule has 0 aliphatic rings. The molecule has 0 aliphatic heterocycles. The number of nitrogens with one attached hydrogen (secondary N) is 3. The van der Waals surface area contributed by atoms with Crippen LogP contribution in [0.5, 0.6) is 0 Å². The fourth-order valence-corrected chi connectivity index (χ4v) is 1.56. The zero-order valence-corrected chi connectivity index (χ0v) is 11.4. The topological polar surface area (TPSA) is 107 Å². The lowest BCUT2D eigenvalue weighted by atomic mass is 9.87. The Balaban J connectivity index is 2.39. The Morgan fingerprint density at radius 2 is 2.16 bits per heavy atom. The zero-order chi connectivity index (χ0) is 14.5. The number of hydrogen-bond acceptors (Lipinski definition) is 3. The molecule has 7 nitrogen and oxygen atoms in total. The molecule has 0 aromatic carbocycles. The molecule has 7 heteroatoms. The van der Waals surface area contributed by atoms with Crippen molar-refractivity contribution in [3.63, 3.8) is 0 Å². The van der Waals surface area contributed by atoms with Crippen molar-refractivity contribution in [3.8, 4) is 0 Å². The van der Waals surface area contributed by atoms with E-state index in [1.54, 1.807) is 33.3 Å². The highest BCUT2D eigenvalue weighted by molar-refractivity contribution is 5.83. The summed E-state index contributed by atoms with van der Waals surface area (Å²) in [6.45, 7) is 5.69. The molecule has 0 fully saturated rings. The van der Waals surface area contributed by atoms with E-state index in [1.807, 2.05) is 0 Å². The number of carboxylic acids is 1. The largest absolute Gasteiger partial charge is 0.480 e. The summed E-state index contributed by atoms with van der Waals surface area (Å²) in [5.41, 5.74) is 0.359. The van der Waals surface area contributed by atoms with Crippen LogP contribution >= 0.6 is 0 Å². The van der Waals surface area contributed by atoms with Crippen LogP contribution in [0.25, 0.3) is 0 Å². The van der Waals surface area contributed by atoms with Gasteiger partial charge < -0.3 is 20.7 Å². The third kappa shape index (κ3) is 4.99. The van der Waals surface area contributed by atoms with Gasteiger partial charge in [0.25, 0.3) is 0 Å². The molecule has 19 heavy (non-hydrogen) atoms. The second-order valence-electron chi connectivity index (χ2n) is 5.36. The number of imidazole rings is 1. The van der Waals surface area contributed by atoms with Crippen molar-refractivity contribution >= 4 is 12.0 Å². The van der Waals surface area contributed by atoms with Crippen molar-refractivity contribution in [1.29, 1.82) is 0 Å². The number of carbonyl (C=O) groups is 2. The second-order valence-corrected chi connectivity index (χ2v) is 5.36. The molecule has 4 N–H and O–H groups in total. The van der Waals surface area contributed by atoms with Crippen LogP contribution in [0.15, 0.2) is 12.5 Å². The van der Waals surface area contributed by atoms with Gasteiger partial charge in [-0.25, -0.2) is 14.6 Å². The summed E-state index contributed by atoms with van der Waals surface area (Å²) in [4.78, 5) is 29.5. The van der Waals surface area contributed by atoms with Crippen molar-refractivity contribution in [3.05, 3.63) is 18.2 Å². The first kappa shape index (κ1) is 15.0. The van der Waals surface area contributed by atoms with Crippen molar-refractivity contribution in [2.45, 2.75) is 33.2 Å². The highest BCUT2D eigenvalue weighted by Crippen LogP contribution is 2.19. The van der Waals surface area contributed by atoms with Crippen molar-refractivity contribution in [2.75, 3.05) is 6.54 Å². The van der Waals surface area contributed by atoms with E-state index in [0.717, 1.165) is 5.69 Å². The number of H-pyrrole nitrogens is 1. The Hall–Kier alpha value is -2.05. The summed E-state index contributed by atoms with van der Waals surface area (Å²) in [6, 6.07) is -1.42. The number of aromatic amines is 1. The van der Waals surface area contributed by atoms with Gasteiger partial charge in [0, 0.05) is 24.9 Å². The molecule has 0 saturated heterocycles. The highest BCUT2D eigenvalue weighted by atomic mass is 16.4. The van der Waals surface area contributed by atoms with E-state index in [-0.39, 0.29) is 0 Å². The summed E-state index contributed by atoms with van der Waals surface area (Å²) in [5.74, 6) is -1.05. The van der Waals surface area contributed by atoms with E-state index in [2.05, 4.69) is 20.6 Å². The number of aromatic nitrogens is 2. The van der Waals surface area contributed by atoms with Gasteiger partial charge in [0.05, 0.1) is 6.33 Å². The molecule has 1 aromatic heterocycles. The maximum atomic E-state index is 11.6. The Labute approximate surface area is 111 Å². The molecule has 0 aliphatic carbocycles. The van der Waals surface area contributed by atoms with Crippen LogP contribution < -0.4 is 10.6 Å². The summed E-state index contributed by atoms with van der Waals surface area (Å²) >= 11 is 0. The molecule has 0 saturated carbocycles. The first-order chi connectivity index (χ1) is 8.80. The van der Waals surface area contributed by atoms with Crippen LogP contribution in [0, 0.1) is 5.41 Å².